The minimum absolute atomic E-state index is 0.0682. The van der Waals surface area contributed by atoms with E-state index in [1.807, 2.05) is 19.0 Å². The molecule has 7 heteroatoms. The number of likely N-dealkylation sites (N-methyl/N-ethyl adjacent to an activating group) is 1. The third-order valence-corrected chi connectivity index (χ3v) is 2.83. The Labute approximate surface area is 123 Å². The summed E-state index contributed by atoms with van der Waals surface area (Å²) in [6.45, 7) is 2.37. The summed E-state index contributed by atoms with van der Waals surface area (Å²) < 4.78 is 1.13. The van der Waals surface area contributed by atoms with Crippen LogP contribution in [0.25, 0.3) is 0 Å². The van der Waals surface area contributed by atoms with Crippen LogP contribution in [-0.2, 0) is 6.54 Å². The lowest BCUT2D eigenvalue weighted by atomic mass is 10.1. The molecule has 6 nitrogen and oxygen atoms in total. The zero-order chi connectivity index (χ0) is 15.3. The Hall–Kier alpha value is -1.55. The number of halogens is 1. The molecular weight excluding hydrogens is 280 g/mol. The molecule has 1 heterocycles. The van der Waals surface area contributed by atoms with Gasteiger partial charge in [0.25, 0.3) is 5.56 Å². The van der Waals surface area contributed by atoms with E-state index in [1.54, 1.807) is 6.92 Å². The molecule has 0 saturated carbocycles. The predicted molar refractivity (Wildman–Crippen MR) is 80.0 cm³/mol. The normalized spacial score (nSPS) is 13.8. The average molecular weight is 299 g/mol. The van der Waals surface area contributed by atoms with Crippen molar-refractivity contribution in [3.63, 3.8) is 0 Å². The molecule has 0 aromatic carbocycles. The van der Waals surface area contributed by atoms with Crippen LogP contribution in [0.5, 0.6) is 0 Å². The van der Waals surface area contributed by atoms with Gasteiger partial charge in [-0.05, 0) is 21.0 Å². The highest BCUT2D eigenvalue weighted by molar-refractivity contribution is 6.32. The van der Waals surface area contributed by atoms with E-state index in [0.29, 0.717) is 6.54 Å². The van der Waals surface area contributed by atoms with Crippen LogP contribution in [0.4, 0.5) is 5.69 Å². The third-order valence-electron chi connectivity index (χ3n) is 2.54. The predicted octanol–water partition coefficient (Wildman–Crippen LogP) is 0.254. The molecule has 1 aromatic heterocycles. The Morgan fingerprint density at radius 2 is 2.30 bits per heavy atom. The van der Waals surface area contributed by atoms with Crippen molar-refractivity contribution < 1.29 is 5.11 Å². The van der Waals surface area contributed by atoms with Gasteiger partial charge < -0.3 is 15.3 Å². The lowest BCUT2D eigenvalue weighted by Crippen LogP contribution is -2.43. The van der Waals surface area contributed by atoms with Gasteiger partial charge in [-0.15, -0.1) is 6.42 Å². The highest BCUT2D eigenvalue weighted by Gasteiger charge is 2.22. The second-order valence-corrected chi connectivity index (χ2v) is 5.53. The van der Waals surface area contributed by atoms with Crippen LogP contribution >= 0.6 is 11.6 Å². The summed E-state index contributed by atoms with van der Waals surface area (Å²) in [5, 5.41) is 17.1. The largest absolute Gasteiger partial charge is 0.387 e. The number of nitrogens with zero attached hydrogens (tertiary/aromatic N) is 3. The van der Waals surface area contributed by atoms with Crippen molar-refractivity contribution in [1.82, 2.24) is 14.7 Å². The fourth-order valence-corrected chi connectivity index (χ4v) is 2.03. The fourth-order valence-electron chi connectivity index (χ4n) is 1.84. The number of nitrogens with one attached hydrogen (secondary N) is 1. The van der Waals surface area contributed by atoms with Crippen LogP contribution < -0.4 is 10.9 Å². The quantitative estimate of drug-likeness (QED) is 0.737. The summed E-state index contributed by atoms with van der Waals surface area (Å²) in [5.41, 5.74) is -1.22. The fraction of sp³-hybridized carbons (Fsp3) is 0.538. The van der Waals surface area contributed by atoms with Crippen molar-refractivity contribution in [2.75, 3.05) is 32.5 Å². The van der Waals surface area contributed by atoms with Gasteiger partial charge in [0.2, 0.25) is 0 Å². The lowest BCUT2D eigenvalue weighted by Gasteiger charge is -2.27. The van der Waals surface area contributed by atoms with Crippen LogP contribution in [0.2, 0.25) is 5.02 Å². The average Bonchev–Trinajstić information content (AvgIpc) is 2.31. The molecule has 1 aromatic rings. The maximum absolute atomic E-state index is 12.1. The summed E-state index contributed by atoms with van der Waals surface area (Å²) in [7, 11) is 3.71. The molecule has 20 heavy (non-hydrogen) atoms. The molecule has 0 saturated heterocycles. The molecule has 1 unspecified atom stereocenters. The molecule has 0 amide bonds. The molecule has 2 N–H and O–H groups in total. The molecule has 110 valence electrons. The highest BCUT2D eigenvalue weighted by Crippen LogP contribution is 2.16. The minimum Gasteiger partial charge on any atom is -0.387 e. The number of hydrogen-bond donors (Lipinski definition) is 2. The number of hydrogen-bond acceptors (Lipinski definition) is 5. The number of anilines is 1. The Morgan fingerprint density at radius 3 is 2.85 bits per heavy atom. The third kappa shape index (κ3) is 4.53. The second kappa shape index (κ2) is 6.75. The first-order valence-corrected chi connectivity index (χ1v) is 6.44. The van der Waals surface area contributed by atoms with Crippen molar-refractivity contribution >= 4 is 17.3 Å². The van der Waals surface area contributed by atoms with Crippen molar-refractivity contribution in [3.8, 4) is 12.3 Å². The van der Waals surface area contributed by atoms with Gasteiger partial charge in [-0.3, -0.25) is 4.79 Å². The summed E-state index contributed by atoms with van der Waals surface area (Å²) >= 11 is 5.95. The van der Waals surface area contributed by atoms with E-state index < -0.39 is 11.2 Å². The van der Waals surface area contributed by atoms with Gasteiger partial charge >= 0.3 is 0 Å². The number of aliphatic hydroxyl groups is 1. The van der Waals surface area contributed by atoms with E-state index in [9.17, 15) is 9.90 Å². The van der Waals surface area contributed by atoms with Gasteiger partial charge in [0.15, 0.2) is 0 Å². The molecule has 0 aliphatic heterocycles. The van der Waals surface area contributed by atoms with Crippen molar-refractivity contribution in [3.05, 3.63) is 21.6 Å². The lowest BCUT2D eigenvalue weighted by molar-refractivity contribution is 0.0459. The topological polar surface area (TPSA) is 70.4 Å². The molecule has 0 radical (unpaired) electrons. The highest BCUT2D eigenvalue weighted by atomic mass is 35.5. The van der Waals surface area contributed by atoms with Gasteiger partial charge in [0, 0.05) is 13.1 Å². The van der Waals surface area contributed by atoms with Crippen molar-refractivity contribution in [2.45, 2.75) is 19.1 Å². The second-order valence-electron chi connectivity index (χ2n) is 5.12. The Balaban J connectivity index is 2.91. The molecule has 0 fully saturated rings. The molecule has 0 aliphatic rings. The Bertz CT molecular complexity index is 560. The zero-order valence-corrected chi connectivity index (χ0v) is 12.6. The molecule has 1 atom stereocenters. The van der Waals surface area contributed by atoms with Crippen LogP contribution in [0.15, 0.2) is 11.0 Å². The molecular formula is C13H19ClN4O2. The van der Waals surface area contributed by atoms with E-state index in [-0.39, 0.29) is 23.8 Å². The molecule has 1 rings (SSSR count). The molecule has 0 spiro atoms. The van der Waals surface area contributed by atoms with Gasteiger partial charge in [0.1, 0.15) is 12.2 Å². The standard InChI is InChI=1S/C13H19ClN4O2/c1-5-6-18-12(19)11(10(14)7-16-18)15-8-13(2,20)9-17(3)4/h1,7,15,20H,6,8-9H2,2-4H3. The van der Waals surface area contributed by atoms with Crippen LogP contribution in [-0.4, -0.2) is 52.6 Å². The maximum atomic E-state index is 12.1. The summed E-state index contributed by atoms with van der Waals surface area (Å²) in [5.74, 6) is 2.34. The molecule has 0 aliphatic carbocycles. The number of terminal acetylenes is 1. The van der Waals surface area contributed by atoms with Crippen molar-refractivity contribution in [1.29, 1.82) is 0 Å². The molecule has 0 bridgehead atoms. The van der Waals surface area contributed by atoms with E-state index in [2.05, 4.69) is 16.3 Å². The van der Waals surface area contributed by atoms with Gasteiger partial charge in [-0.25, -0.2) is 4.68 Å². The van der Waals surface area contributed by atoms with Crippen LogP contribution in [0.3, 0.4) is 0 Å². The van der Waals surface area contributed by atoms with Gasteiger partial charge in [-0.1, -0.05) is 17.5 Å². The smallest absolute Gasteiger partial charge is 0.292 e. The number of rotatable bonds is 6. The minimum atomic E-state index is -1.00. The van der Waals surface area contributed by atoms with E-state index in [1.165, 1.54) is 6.20 Å². The Kier molecular flexibility index (Phi) is 5.57. The van der Waals surface area contributed by atoms with E-state index in [4.69, 9.17) is 18.0 Å². The SMILES string of the molecule is C#CCn1ncc(Cl)c(NCC(C)(O)CN(C)C)c1=O. The first-order valence-electron chi connectivity index (χ1n) is 6.07. The maximum Gasteiger partial charge on any atom is 0.292 e. The monoisotopic (exact) mass is 298 g/mol. The van der Waals surface area contributed by atoms with Gasteiger partial charge in [0.05, 0.1) is 16.8 Å². The Morgan fingerprint density at radius 1 is 1.65 bits per heavy atom. The van der Waals surface area contributed by atoms with E-state index >= 15 is 0 Å². The summed E-state index contributed by atoms with van der Waals surface area (Å²) in [6.07, 6.45) is 6.52. The van der Waals surface area contributed by atoms with E-state index in [0.717, 1.165) is 4.68 Å². The number of aromatic nitrogens is 2. The zero-order valence-electron chi connectivity index (χ0n) is 11.9. The van der Waals surface area contributed by atoms with Gasteiger partial charge in [-0.2, -0.15) is 5.10 Å². The van der Waals surface area contributed by atoms with Crippen LogP contribution in [0, 0.1) is 12.3 Å². The van der Waals surface area contributed by atoms with Crippen molar-refractivity contribution in [2.24, 2.45) is 0 Å². The first-order chi connectivity index (χ1) is 9.26. The van der Waals surface area contributed by atoms with Crippen LogP contribution in [0.1, 0.15) is 6.92 Å². The summed E-state index contributed by atoms with van der Waals surface area (Å²) in [6, 6.07) is 0. The summed E-state index contributed by atoms with van der Waals surface area (Å²) in [4.78, 5) is 13.9. The first kappa shape index (κ1) is 16.5.